The van der Waals surface area contributed by atoms with Crippen LogP contribution in [0.3, 0.4) is 0 Å². The van der Waals surface area contributed by atoms with Crippen LogP contribution in [-0.2, 0) is 0 Å². The summed E-state index contributed by atoms with van der Waals surface area (Å²) < 4.78 is 0. The third kappa shape index (κ3) is 3.18. The van der Waals surface area contributed by atoms with Crippen molar-refractivity contribution >= 4 is 34.0 Å². The second-order valence-electron chi connectivity index (χ2n) is 6.39. The number of nitro groups is 2. The maximum absolute atomic E-state index is 12.9. The van der Waals surface area contributed by atoms with Gasteiger partial charge < -0.3 is 4.90 Å². The van der Waals surface area contributed by atoms with Gasteiger partial charge in [0.2, 0.25) is 0 Å². The van der Waals surface area contributed by atoms with Gasteiger partial charge in [-0.3, -0.25) is 34.7 Å². The molecule has 1 aliphatic heterocycles. The maximum Gasteiger partial charge on any atom is 0.270 e. The smallest absolute Gasteiger partial charge is 0.270 e. The molecule has 10 heteroatoms. The van der Waals surface area contributed by atoms with Crippen LogP contribution in [0.5, 0.6) is 0 Å². The van der Waals surface area contributed by atoms with Gasteiger partial charge in [0.15, 0.2) is 0 Å². The van der Waals surface area contributed by atoms with Crippen LogP contribution in [0, 0.1) is 20.2 Å². The van der Waals surface area contributed by atoms with E-state index in [9.17, 15) is 29.8 Å². The van der Waals surface area contributed by atoms with Gasteiger partial charge in [-0.25, -0.2) is 0 Å². The van der Waals surface area contributed by atoms with Crippen molar-refractivity contribution in [1.29, 1.82) is 0 Å². The second-order valence-corrected chi connectivity index (χ2v) is 6.39. The van der Waals surface area contributed by atoms with Gasteiger partial charge in [-0.15, -0.1) is 0 Å². The number of amides is 2. The molecule has 0 aliphatic carbocycles. The molecule has 1 heterocycles. The van der Waals surface area contributed by atoms with Gasteiger partial charge in [-0.2, -0.15) is 0 Å². The Morgan fingerprint density at radius 3 is 1.75 bits per heavy atom. The summed E-state index contributed by atoms with van der Waals surface area (Å²) in [4.78, 5) is 50.0. The number of imide groups is 1. The van der Waals surface area contributed by atoms with Crippen LogP contribution in [0.4, 0.5) is 11.4 Å². The lowest BCUT2D eigenvalue weighted by Crippen LogP contribution is -2.44. The van der Waals surface area contributed by atoms with E-state index >= 15 is 0 Å². The largest absolute Gasteiger partial charge is 0.302 e. The van der Waals surface area contributed by atoms with Crippen LogP contribution in [-0.4, -0.2) is 57.6 Å². The average Bonchev–Trinajstić information content (AvgIpc) is 2.67. The summed E-state index contributed by atoms with van der Waals surface area (Å²) in [6.07, 6.45) is 0. The van der Waals surface area contributed by atoms with Gasteiger partial charge >= 0.3 is 0 Å². The highest BCUT2D eigenvalue weighted by molar-refractivity contribution is 6.26. The summed E-state index contributed by atoms with van der Waals surface area (Å²) >= 11 is 0. The summed E-state index contributed by atoms with van der Waals surface area (Å²) in [6, 6.07) is 4.52. The predicted octanol–water partition coefficient (Wildman–Crippen LogP) is 2.59. The van der Waals surface area contributed by atoms with Crippen LogP contribution >= 0.6 is 0 Å². The SMILES string of the molecule is CCN(CC)CCN1C(=O)c2cc([N+](=O)[O-])cc3cc([N+](=O)[O-])cc(c23)C1=O. The molecule has 10 nitrogen and oxygen atoms in total. The molecule has 1 aliphatic rings. The molecule has 3 rings (SSSR count). The molecule has 0 aromatic heterocycles. The van der Waals surface area contributed by atoms with Crippen LogP contribution in [0.2, 0.25) is 0 Å². The van der Waals surface area contributed by atoms with Crippen molar-refractivity contribution in [3.8, 4) is 0 Å². The van der Waals surface area contributed by atoms with Crippen molar-refractivity contribution in [3.05, 3.63) is 55.6 Å². The van der Waals surface area contributed by atoms with E-state index in [1.807, 2.05) is 18.7 Å². The van der Waals surface area contributed by atoms with Gasteiger partial charge in [0.05, 0.1) is 21.0 Å². The lowest BCUT2D eigenvalue weighted by Gasteiger charge is -2.29. The standard InChI is InChI=1S/C18H18N4O6/c1-3-19(4-2)5-6-20-17(23)14-9-12(21(25)26)7-11-8-13(22(27)28)10-15(16(11)14)18(20)24/h7-10H,3-6H2,1-2H3. The highest BCUT2D eigenvalue weighted by atomic mass is 16.6. The molecular formula is C18H18N4O6. The van der Waals surface area contributed by atoms with E-state index in [0.717, 1.165) is 42.3 Å². The van der Waals surface area contributed by atoms with E-state index in [1.54, 1.807) is 0 Å². The monoisotopic (exact) mass is 386 g/mol. The Hall–Kier alpha value is -3.40. The van der Waals surface area contributed by atoms with Gasteiger partial charge in [0, 0.05) is 42.7 Å². The van der Waals surface area contributed by atoms with Crippen molar-refractivity contribution in [3.63, 3.8) is 0 Å². The Bertz CT molecular complexity index is 946. The molecule has 0 fully saturated rings. The number of likely N-dealkylation sites (N-methyl/N-ethyl adjacent to an activating group) is 1. The summed E-state index contributed by atoms with van der Waals surface area (Å²) in [5.74, 6) is -1.26. The minimum Gasteiger partial charge on any atom is -0.302 e. The topological polar surface area (TPSA) is 127 Å². The zero-order valence-electron chi connectivity index (χ0n) is 15.4. The predicted molar refractivity (Wildman–Crippen MR) is 100 cm³/mol. The highest BCUT2D eigenvalue weighted by Crippen LogP contribution is 2.36. The Morgan fingerprint density at radius 1 is 0.893 bits per heavy atom. The van der Waals surface area contributed by atoms with Crippen molar-refractivity contribution in [2.45, 2.75) is 13.8 Å². The van der Waals surface area contributed by atoms with E-state index in [4.69, 9.17) is 0 Å². The third-order valence-electron chi connectivity index (χ3n) is 4.93. The average molecular weight is 386 g/mol. The van der Waals surface area contributed by atoms with Crippen LogP contribution < -0.4 is 0 Å². The Morgan fingerprint density at radius 2 is 1.36 bits per heavy atom. The lowest BCUT2D eigenvalue weighted by molar-refractivity contribution is -0.385. The Labute approximate surface area is 159 Å². The first-order valence-corrected chi connectivity index (χ1v) is 8.77. The fourth-order valence-corrected chi connectivity index (χ4v) is 3.40. The molecule has 0 radical (unpaired) electrons. The number of non-ortho nitro benzene ring substituents is 2. The molecule has 0 saturated heterocycles. The van der Waals surface area contributed by atoms with E-state index in [2.05, 4.69) is 0 Å². The first-order chi connectivity index (χ1) is 13.3. The molecule has 0 spiro atoms. The molecule has 0 saturated carbocycles. The van der Waals surface area contributed by atoms with Gasteiger partial charge in [-0.1, -0.05) is 13.8 Å². The number of rotatable bonds is 7. The zero-order chi connectivity index (χ0) is 20.6. The number of nitro benzene ring substituents is 2. The quantitative estimate of drug-likeness (QED) is 0.406. The molecule has 2 amide bonds. The van der Waals surface area contributed by atoms with Gasteiger partial charge in [-0.05, 0) is 18.5 Å². The Kier molecular flexibility index (Phi) is 5.06. The molecule has 2 aromatic carbocycles. The summed E-state index contributed by atoms with van der Waals surface area (Å²) in [7, 11) is 0. The van der Waals surface area contributed by atoms with Crippen molar-refractivity contribution < 1.29 is 19.4 Å². The van der Waals surface area contributed by atoms with E-state index in [1.165, 1.54) is 0 Å². The van der Waals surface area contributed by atoms with Crippen LogP contribution in [0.25, 0.3) is 10.8 Å². The van der Waals surface area contributed by atoms with Gasteiger partial charge in [0.25, 0.3) is 23.2 Å². The number of carbonyl (C=O) groups excluding carboxylic acids is 2. The molecule has 0 bridgehead atoms. The normalized spacial score (nSPS) is 13.5. The molecule has 2 aromatic rings. The summed E-state index contributed by atoms with van der Waals surface area (Å²) in [5.41, 5.74) is -0.706. The number of hydrogen-bond donors (Lipinski definition) is 0. The van der Waals surface area contributed by atoms with E-state index < -0.39 is 21.7 Å². The van der Waals surface area contributed by atoms with E-state index in [-0.39, 0.29) is 39.8 Å². The Balaban J connectivity index is 2.18. The van der Waals surface area contributed by atoms with Crippen molar-refractivity contribution in [2.75, 3.05) is 26.2 Å². The zero-order valence-corrected chi connectivity index (χ0v) is 15.4. The lowest BCUT2D eigenvalue weighted by atomic mass is 9.92. The summed E-state index contributed by atoms with van der Waals surface area (Å²) in [5, 5.41) is 22.8. The minimum atomic E-state index is -0.668. The van der Waals surface area contributed by atoms with Gasteiger partial charge in [0.1, 0.15) is 0 Å². The van der Waals surface area contributed by atoms with Crippen LogP contribution in [0.15, 0.2) is 24.3 Å². The van der Waals surface area contributed by atoms with Crippen LogP contribution in [0.1, 0.15) is 34.6 Å². The third-order valence-corrected chi connectivity index (χ3v) is 4.93. The minimum absolute atomic E-state index is 0.00763. The highest BCUT2D eigenvalue weighted by Gasteiger charge is 2.35. The fraction of sp³-hybridized carbons (Fsp3) is 0.333. The number of nitrogens with zero attached hydrogens (tertiary/aromatic N) is 4. The van der Waals surface area contributed by atoms with Crippen molar-refractivity contribution in [1.82, 2.24) is 9.80 Å². The number of hydrogen-bond acceptors (Lipinski definition) is 7. The maximum atomic E-state index is 12.9. The van der Waals surface area contributed by atoms with Crippen molar-refractivity contribution in [2.24, 2.45) is 0 Å². The number of benzene rings is 2. The first-order valence-electron chi connectivity index (χ1n) is 8.77. The second kappa shape index (κ2) is 7.31. The summed E-state index contributed by atoms with van der Waals surface area (Å²) in [6.45, 7) is 5.89. The molecule has 0 N–H and O–H groups in total. The first kappa shape index (κ1) is 19.4. The molecule has 146 valence electrons. The molecule has 0 unspecified atom stereocenters. The number of carbonyl (C=O) groups is 2. The fourth-order valence-electron chi connectivity index (χ4n) is 3.40. The molecule has 0 atom stereocenters. The molecule has 28 heavy (non-hydrogen) atoms. The van der Waals surface area contributed by atoms with E-state index in [0.29, 0.717) is 6.54 Å². The molecular weight excluding hydrogens is 368 g/mol.